The van der Waals surface area contributed by atoms with Crippen LogP contribution in [0.25, 0.3) is 11.3 Å². The van der Waals surface area contributed by atoms with E-state index in [4.69, 9.17) is 11.0 Å². The second-order valence-corrected chi connectivity index (χ2v) is 4.44. The van der Waals surface area contributed by atoms with Gasteiger partial charge in [0.05, 0.1) is 17.3 Å². The topological polar surface area (TPSA) is 81.7 Å². The molecule has 0 fully saturated rings. The average molecular weight is 255 g/mol. The van der Waals surface area contributed by atoms with Gasteiger partial charge in [0.1, 0.15) is 0 Å². The fraction of sp³-hybridized carbons (Fsp3) is 0.286. The van der Waals surface area contributed by atoms with E-state index >= 15 is 0 Å². The predicted octanol–water partition coefficient (Wildman–Crippen LogP) is 1.34. The smallest absolute Gasteiger partial charge is 0.0998 e. The molecule has 1 aromatic carbocycles. The zero-order valence-corrected chi connectivity index (χ0v) is 10.9. The van der Waals surface area contributed by atoms with Crippen LogP contribution in [0.3, 0.4) is 0 Å². The lowest BCUT2D eigenvalue weighted by atomic mass is 10.0. The van der Waals surface area contributed by atoms with Crippen molar-refractivity contribution in [2.24, 2.45) is 5.73 Å². The van der Waals surface area contributed by atoms with E-state index in [1.54, 1.807) is 6.07 Å². The summed E-state index contributed by atoms with van der Waals surface area (Å²) in [5.41, 5.74) is 8.95. The van der Waals surface area contributed by atoms with Crippen LogP contribution in [0.4, 0.5) is 0 Å². The van der Waals surface area contributed by atoms with Crippen molar-refractivity contribution in [1.82, 2.24) is 15.1 Å². The van der Waals surface area contributed by atoms with Crippen LogP contribution in [-0.4, -0.2) is 35.2 Å². The SMILES string of the molecule is CN(CCN)Cc1c[nH]nc1-c1ccccc1C#N. The minimum atomic E-state index is 0.623. The molecular weight excluding hydrogens is 238 g/mol. The third kappa shape index (κ3) is 2.99. The lowest BCUT2D eigenvalue weighted by Gasteiger charge is -2.15. The molecular formula is C14H17N5. The number of nitrogens with one attached hydrogen (secondary N) is 1. The van der Waals surface area contributed by atoms with Gasteiger partial charge in [-0.1, -0.05) is 18.2 Å². The summed E-state index contributed by atoms with van der Waals surface area (Å²) >= 11 is 0. The Morgan fingerprint density at radius 1 is 1.42 bits per heavy atom. The molecule has 1 heterocycles. The van der Waals surface area contributed by atoms with Gasteiger partial charge in [0.25, 0.3) is 0 Å². The number of hydrogen-bond acceptors (Lipinski definition) is 4. The molecule has 3 N–H and O–H groups in total. The largest absolute Gasteiger partial charge is 0.329 e. The summed E-state index contributed by atoms with van der Waals surface area (Å²) in [6, 6.07) is 9.69. The van der Waals surface area contributed by atoms with Crippen molar-refractivity contribution in [3.05, 3.63) is 41.6 Å². The van der Waals surface area contributed by atoms with Crippen LogP contribution in [0, 0.1) is 11.3 Å². The van der Waals surface area contributed by atoms with Crippen LogP contribution >= 0.6 is 0 Å². The van der Waals surface area contributed by atoms with Crippen molar-refractivity contribution in [3.63, 3.8) is 0 Å². The van der Waals surface area contributed by atoms with Gasteiger partial charge in [0.15, 0.2) is 0 Å². The lowest BCUT2D eigenvalue weighted by molar-refractivity contribution is 0.337. The Balaban J connectivity index is 2.32. The number of rotatable bonds is 5. The predicted molar refractivity (Wildman–Crippen MR) is 74.1 cm³/mol. The molecule has 2 rings (SSSR count). The van der Waals surface area contributed by atoms with Gasteiger partial charge in [-0.3, -0.25) is 5.10 Å². The van der Waals surface area contributed by atoms with E-state index in [9.17, 15) is 0 Å². The summed E-state index contributed by atoms with van der Waals surface area (Å²) in [6.45, 7) is 2.20. The molecule has 0 aliphatic rings. The average Bonchev–Trinajstić information content (AvgIpc) is 2.86. The molecule has 5 heteroatoms. The van der Waals surface area contributed by atoms with Crippen molar-refractivity contribution in [2.75, 3.05) is 20.1 Å². The number of hydrogen-bond donors (Lipinski definition) is 2. The van der Waals surface area contributed by atoms with E-state index in [1.165, 1.54) is 0 Å². The summed E-state index contributed by atoms with van der Waals surface area (Å²) < 4.78 is 0. The highest BCUT2D eigenvalue weighted by Gasteiger charge is 2.13. The molecule has 2 aromatic rings. The van der Waals surface area contributed by atoms with Crippen molar-refractivity contribution >= 4 is 0 Å². The summed E-state index contributed by atoms with van der Waals surface area (Å²) in [5, 5.41) is 16.3. The van der Waals surface area contributed by atoms with Gasteiger partial charge in [-0.25, -0.2) is 0 Å². The molecule has 0 bridgehead atoms. The number of likely N-dealkylation sites (N-methyl/N-ethyl adjacent to an activating group) is 1. The Labute approximate surface area is 112 Å². The number of nitriles is 1. The lowest BCUT2D eigenvalue weighted by Crippen LogP contribution is -2.25. The second kappa shape index (κ2) is 6.14. The minimum absolute atomic E-state index is 0.623. The minimum Gasteiger partial charge on any atom is -0.329 e. The first-order valence-corrected chi connectivity index (χ1v) is 6.17. The number of aromatic amines is 1. The van der Waals surface area contributed by atoms with Gasteiger partial charge in [-0.2, -0.15) is 10.4 Å². The highest BCUT2D eigenvalue weighted by atomic mass is 15.1. The first kappa shape index (κ1) is 13.3. The van der Waals surface area contributed by atoms with E-state index in [-0.39, 0.29) is 0 Å². The molecule has 0 saturated heterocycles. The number of benzene rings is 1. The van der Waals surface area contributed by atoms with Crippen molar-refractivity contribution < 1.29 is 0 Å². The third-order valence-corrected chi connectivity index (χ3v) is 2.97. The maximum atomic E-state index is 9.16. The van der Waals surface area contributed by atoms with Gasteiger partial charge >= 0.3 is 0 Å². The van der Waals surface area contributed by atoms with E-state index in [2.05, 4.69) is 21.2 Å². The quantitative estimate of drug-likeness (QED) is 0.844. The Bertz CT molecular complexity index is 582. The van der Waals surface area contributed by atoms with E-state index in [0.717, 1.165) is 29.9 Å². The number of nitrogens with two attached hydrogens (primary N) is 1. The maximum Gasteiger partial charge on any atom is 0.0998 e. The fourth-order valence-electron chi connectivity index (χ4n) is 2.05. The highest BCUT2D eigenvalue weighted by Crippen LogP contribution is 2.25. The van der Waals surface area contributed by atoms with Crippen LogP contribution in [0.1, 0.15) is 11.1 Å². The van der Waals surface area contributed by atoms with Crippen molar-refractivity contribution in [2.45, 2.75) is 6.54 Å². The Kier molecular flexibility index (Phi) is 4.29. The zero-order chi connectivity index (χ0) is 13.7. The van der Waals surface area contributed by atoms with Gasteiger partial charge in [0.2, 0.25) is 0 Å². The van der Waals surface area contributed by atoms with Gasteiger partial charge in [-0.05, 0) is 13.1 Å². The zero-order valence-electron chi connectivity index (χ0n) is 10.9. The summed E-state index contributed by atoms with van der Waals surface area (Å²) in [5.74, 6) is 0. The van der Waals surface area contributed by atoms with E-state index < -0.39 is 0 Å². The van der Waals surface area contributed by atoms with Crippen LogP contribution in [0.2, 0.25) is 0 Å². The molecule has 5 nitrogen and oxygen atoms in total. The number of aromatic nitrogens is 2. The van der Waals surface area contributed by atoms with Crippen LogP contribution in [0.15, 0.2) is 30.5 Å². The van der Waals surface area contributed by atoms with Crippen molar-refractivity contribution in [1.29, 1.82) is 5.26 Å². The first-order chi connectivity index (χ1) is 9.26. The summed E-state index contributed by atoms with van der Waals surface area (Å²) in [7, 11) is 2.01. The summed E-state index contributed by atoms with van der Waals surface area (Å²) in [4.78, 5) is 2.13. The molecule has 1 aromatic heterocycles. The molecule has 0 saturated carbocycles. The first-order valence-electron chi connectivity index (χ1n) is 6.17. The molecule has 0 radical (unpaired) electrons. The number of nitrogens with zero attached hydrogens (tertiary/aromatic N) is 3. The number of H-pyrrole nitrogens is 1. The van der Waals surface area contributed by atoms with E-state index in [0.29, 0.717) is 12.1 Å². The second-order valence-electron chi connectivity index (χ2n) is 4.44. The Morgan fingerprint density at radius 3 is 2.95 bits per heavy atom. The normalized spacial score (nSPS) is 10.6. The van der Waals surface area contributed by atoms with Gasteiger partial charge < -0.3 is 10.6 Å². The van der Waals surface area contributed by atoms with Crippen LogP contribution < -0.4 is 5.73 Å². The van der Waals surface area contributed by atoms with Gasteiger partial charge in [0, 0.05) is 37.0 Å². The standard InChI is InChI=1S/C14H17N5/c1-19(7-6-15)10-12-9-17-18-14(12)13-5-3-2-4-11(13)8-16/h2-5,9H,6-7,10,15H2,1H3,(H,17,18). The van der Waals surface area contributed by atoms with E-state index in [1.807, 2.05) is 31.4 Å². The van der Waals surface area contributed by atoms with Crippen LogP contribution in [-0.2, 0) is 6.54 Å². The fourth-order valence-corrected chi connectivity index (χ4v) is 2.05. The highest BCUT2D eigenvalue weighted by molar-refractivity contribution is 5.69. The molecule has 0 unspecified atom stereocenters. The van der Waals surface area contributed by atoms with Crippen molar-refractivity contribution in [3.8, 4) is 17.3 Å². The molecule has 0 aliphatic heterocycles. The molecule has 0 atom stereocenters. The Morgan fingerprint density at radius 2 is 2.21 bits per heavy atom. The molecule has 0 amide bonds. The molecule has 98 valence electrons. The third-order valence-electron chi connectivity index (χ3n) is 2.97. The molecule has 19 heavy (non-hydrogen) atoms. The molecule has 0 aliphatic carbocycles. The molecule has 0 spiro atoms. The maximum absolute atomic E-state index is 9.16. The summed E-state index contributed by atoms with van der Waals surface area (Å²) in [6.07, 6.45) is 1.87. The van der Waals surface area contributed by atoms with Crippen LogP contribution in [0.5, 0.6) is 0 Å². The Hall–Kier alpha value is -2.16. The van der Waals surface area contributed by atoms with Gasteiger partial charge in [-0.15, -0.1) is 0 Å². The monoisotopic (exact) mass is 255 g/mol.